The van der Waals surface area contributed by atoms with E-state index >= 15 is 0 Å². The lowest BCUT2D eigenvalue weighted by Gasteiger charge is -2.34. The van der Waals surface area contributed by atoms with Crippen LogP contribution < -0.4 is 10.1 Å². The molecule has 238 valence electrons. The monoisotopic (exact) mass is 634 g/mol. The van der Waals surface area contributed by atoms with Gasteiger partial charge in [0.25, 0.3) is 0 Å². The van der Waals surface area contributed by atoms with Gasteiger partial charge in [-0.15, -0.1) is 6.58 Å². The van der Waals surface area contributed by atoms with Gasteiger partial charge in [-0.1, -0.05) is 52.0 Å². The number of carbonyl (C=O) groups excluding carboxylic acids is 2. The maximum Gasteiger partial charge on any atom is 0.408 e. The zero-order valence-corrected chi connectivity index (χ0v) is 25.8. The zero-order chi connectivity index (χ0) is 32.6. The van der Waals surface area contributed by atoms with Crippen molar-refractivity contribution in [3.8, 4) is 5.88 Å². The molecule has 2 aromatic rings. The highest BCUT2D eigenvalue weighted by Gasteiger charge is 2.51. The summed E-state index contributed by atoms with van der Waals surface area (Å²) in [5.41, 5.74) is -1.32. The van der Waals surface area contributed by atoms with E-state index in [2.05, 4.69) is 28.4 Å². The van der Waals surface area contributed by atoms with Crippen molar-refractivity contribution in [2.24, 2.45) is 17.3 Å². The molecular formula is C31H37ClF2N4O6. The number of nitrogens with one attached hydrogen (secondary N) is 1. The van der Waals surface area contributed by atoms with E-state index in [0.717, 1.165) is 24.2 Å². The van der Waals surface area contributed by atoms with Crippen molar-refractivity contribution in [1.29, 1.82) is 0 Å². The second kappa shape index (κ2) is 12.7. The van der Waals surface area contributed by atoms with Gasteiger partial charge < -0.3 is 24.8 Å². The molecule has 4 rings (SSSR count). The van der Waals surface area contributed by atoms with Gasteiger partial charge in [0.05, 0.1) is 17.6 Å². The van der Waals surface area contributed by atoms with Crippen LogP contribution in [0.2, 0.25) is 5.02 Å². The number of ether oxygens (including phenoxy) is 2. The molecule has 0 bridgehead atoms. The van der Waals surface area contributed by atoms with E-state index in [1.165, 1.54) is 25.1 Å². The fourth-order valence-electron chi connectivity index (χ4n) is 5.35. The predicted octanol–water partition coefficient (Wildman–Crippen LogP) is 5.74. The van der Waals surface area contributed by atoms with E-state index < -0.39 is 65.0 Å². The molecule has 1 saturated heterocycles. The van der Waals surface area contributed by atoms with Gasteiger partial charge in [0, 0.05) is 10.9 Å². The first kappa shape index (κ1) is 33.1. The van der Waals surface area contributed by atoms with Crippen molar-refractivity contribution in [3.05, 3.63) is 54.2 Å². The van der Waals surface area contributed by atoms with Gasteiger partial charge in [0.2, 0.25) is 11.8 Å². The Morgan fingerprint density at radius 2 is 1.91 bits per heavy atom. The molecule has 44 heavy (non-hydrogen) atoms. The molecule has 2 amide bonds. The van der Waals surface area contributed by atoms with E-state index in [4.69, 9.17) is 21.1 Å². The quantitative estimate of drug-likeness (QED) is 0.300. The third-order valence-electron chi connectivity index (χ3n) is 8.00. The number of likely N-dealkylation sites (tertiary alicyclic amines) is 1. The second-order valence-corrected chi connectivity index (χ2v) is 12.8. The van der Waals surface area contributed by atoms with Crippen LogP contribution in [0.3, 0.4) is 0 Å². The Morgan fingerprint density at radius 3 is 2.52 bits per heavy atom. The zero-order valence-electron chi connectivity index (χ0n) is 25.1. The van der Waals surface area contributed by atoms with Crippen LogP contribution in [0.15, 0.2) is 43.5 Å². The minimum Gasteiger partial charge on any atom is -0.480 e. The van der Waals surface area contributed by atoms with Gasteiger partial charge in [-0.2, -0.15) is 8.78 Å². The molecule has 6 atom stereocenters. The Bertz CT molecular complexity index is 1460. The Labute approximate surface area is 259 Å². The summed E-state index contributed by atoms with van der Waals surface area (Å²) in [5, 5.41) is 13.1. The molecule has 2 N–H and O–H groups in total. The highest BCUT2D eigenvalue weighted by molar-refractivity contribution is 6.31. The number of aliphatic carboxylic acids is 1. The molecule has 1 aliphatic carbocycles. The number of hydrogen-bond donors (Lipinski definition) is 2. The minimum atomic E-state index is -3.63. The number of carboxylic acids is 1. The van der Waals surface area contributed by atoms with E-state index in [-0.39, 0.29) is 29.6 Å². The third kappa shape index (κ3) is 7.11. The molecule has 13 heteroatoms. The third-order valence-corrected chi connectivity index (χ3v) is 8.23. The molecule has 0 unspecified atom stereocenters. The Balaban J connectivity index is 1.59. The van der Waals surface area contributed by atoms with Gasteiger partial charge in [0.15, 0.2) is 5.69 Å². The number of alkyl halides is 2. The van der Waals surface area contributed by atoms with Crippen LogP contribution in [-0.2, 0) is 20.2 Å². The maximum atomic E-state index is 14.9. The Hall–Kier alpha value is -3.80. The Kier molecular flexibility index (Phi) is 9.53. The van der Waals surface area contributed by atoms with Crippen LogP contribution in [0.1, 0.15) is 52.7 Å². The van der Waals surface area contributed by atoms with Crippen LogP contribution >= 0.6 is 11.6 Å². The number of hydrogen-bond acceptors (Lipinski definition) is 7. The van der Waals surface area contributed by atoms with Gasteiger partial charge in [-0.3, -0.25) is 4.79 Å². The molecule has 0 radical (unpaired) electrons. The maximum absolute atomic E-state index is 14.9. The van der Waals surface area contributed by atoms with E-state index in [1.54, 1.807) is 26.8 Å². The summed E-state index contributed by atoms with van der Waals surface area (Å²) in [6.07, 6.45) is 2.46. The minimum absolute atomic E-state index is 0.141. The fraction of sp³-hybridized carbons (Fsp3) is 0.516. The van der Waals surface area contributed by atoms with E-state index in [9.17, 15) is 28.3 Å². The lowest BCUT2D eigenvalue weighted by Crippen LogP contribution is -2.57. The lowest BCUT2D eigenvalue weighted by atomic mass is 9.85. The van der Waals surface area contributed by atoms with Crippen molar-refractivity contribution in [2.45, 2.75) is 77.2 Å². The molecule has 1 aromatic carbocycles. The molecule has 2 fully saturated rings. The number of carboxylic acid groups (broad SMARTS) is 1. The number of benzene rings is 1. The number of halogens is 3. The average Bonchev–Trinajstić information content (AvgIpc) is 3.60. The molecule has 2 heterocycles. The highest BCUT2D eigenvalue weighted by Crippen LogP contribution is 2.39. The number of alkyl carbamates (subject to hydrolysis) is 1. The van der Waals surface area contributed by atoms with Crippen LogP contribution in [0.4, 0.5) is 13.6 Å². The van der Waals surface area contributed by atoms with Crippen LogP contribution in [0.25, 0.3) is 11.0 Å². The molecule has 1 saturated carbocycles. The van der Waals surface area contributed by atoms with Crippen molar-refractivity contribution >= 4 is 40.6 Å². The predicted molar refractivity (Wildman–Crippen MR) is 160 cm³/mol. The molecule has 2 aliphatic rings. The van der Waals surface area contributed by atoms with Crippen LogP contribution in [-0.4, -0.2) is 68.8 Å². The summed E-state index contributed by atoms with van der Waals surface area (Å²) in [4.78, 5) is 48.5. The standard InChI is InChI=1S/C31H37ClF2N4O6/c1-7-9-10-17-13-21(17)44-29(42)37-25(30(4,5)6)27(39)38-15-22(16(3)23(38)28(40)41)43-26-24(31(33,34)8-2)35-19-12-11-18(32)14-20(19)36-26/h7-8,11-12,14,16-17,21-23,25H,1-2,9-10,13,15H2,3-6H3,(H,37,42)(H,40,41)/t16-,17-,21-,22+,23+,25-/m1/s1. The molecule has 1 aromatic heterocycles. The van der Waals surface area contributed by atoms with Gasteiger partial charge >= 0.3 is 18.0 Å². The number of fused-ring (bicyclic) bond motifs is 1. The largest absolute Gasteiger partial charge is 0.480 e. The first-order chi connectivity index (χ1) is 20.6. The van der Waals surface area contributed by atoms with Crippen LogP contribution in [0, 0.1) is 17.3 Å². The first-order valence-electron chi connectivity index (χ1n) is 14.3. The summed E-state index contributed by atoms with van der Waals surface area (Å²) in [7, 11) is 0. The SMILES string of the molecule is C=CCC[C@@H]1C[C@H]1OC(=O)N[C@H](C(=O)N1C[C@H](Oc2nc3cc(Cl)ccc3nc2C(F)(F)C=C)[C@@H](C)[C@H]1C(=O)O)C(C)(C)C. The number of rotatable bonds is 11. The molecule has 10 nitrogen and oxygen atoms in total. The number of nitrogens with zero attached hydrogens (tertiary/aromatic N) is 3. The first-order valence-corrected chi connectivity index (χ1v) is 14.7. The van der Waals surface area contributed by atoms with Gasteiger partial charge in [-0.25, -0.2) is 19.6 Å². The second-order valence-electron chi connectivity index (χ2n) is 12.4. The summed E-state index contributed by atoms with van der Waals surface area (Å²) in [5.74, 6) is -6.79. The normalized spacial score (nSPS) is 24.0. The Morgan fingerprint density at radius 1 is 1.20 bits per heavy atom. The summed E-state index contributed by atoms with van der Waals surface area (Å²) < 4.78 is 41.3. The van der Waals surface area contributed by atoms with E-state index in [1.807, 2.05) is 0 Å². The fourth-order valence-corrected chi connectivity index (χ4v) is 5.51. The van der Waals surface area contributed by atoms with Crippen molar-refractivity contribution in [2.75, 3.05) is 6.54 Å². The van der Waals surface area contributed by atoms with Crippen molar-refractivity contribution < 1.29 is 37.7 Å². The summed E-state index contributed by atoms with van der Waals surface area (Å²) in [6.45, 7) is 13.3. The van der Waals surface area contributed by atoms with Crippen LogP contribution in [0.5, 0.6) is 5.88 Å². The smallest absolute Gasteiger partial charge is 0.408 e. The number of allylic oxidation sites excluding steroid dienone is 2. The highest BCUT2D eigenvalue weighted by atomic mass is 35.5. The summed E-state index contributed by atoms with van der Waals surface area (Å²) >= 11 is 6.07. The molecule has 0 spiro atoms. The van der Waals surface area contributed by atoms with Crippen molar-refractivity contribution in [1.82, 2.24) is 20.2 Å². The summed E-state index contributed by atoms with van der Waals surface area (Å²) in [6, 6.07) is 1.81. The van der Waals surface area contributed by atoms with Crippen molar-refractivity contribution in [3.63, 3.8) is 0 Å². The van der Waals surface area contributed by atoms with E-state index in [0.29, 0.717) is 11.1 Å². The lowest BCUT2D eigenvalue weighted by molar-refractivity contribution is -0.151. The average molecular weight is 635 g/mol. The molecule has 1 aliphatic heterocycles. The number of aromatic nitrogens is 2. The number of carbonyl (C=O) groups is 3. The van der Waals surface area contributed by atoms with Gasteiger partial charge in [-0.05, 0) is 54.9 Å². The molecular weight excluding hydrogens is 598 g/mol. The van der Waals surface area contributed by atoms with Gasteiger partial charge in [0.1, 0.15) is 24.3 Å². The topological polar surface area (TPSA) is 131 Å². The number of amides is 2.